The van der Waals surface area contributed by atoms with E-state index in [1.54, 1.807) is 6.33 Å². The fraction of sp³-hybridized carbons (Fsp3) is 0.500. The van der Waals surface area contributed by atoms with Crippen molar-refractivity contribution in [3.63, 3.8) is 0 Å². The highest BCUT2D eigenvalue weighted by Gasteiger charge is 2.05. The van der Waals surface area contributed by atoms with Gasteiger partial charge in [0.25, 0.3) is 0 Å². The number of benzene rings is 1. The second-order valence-corrected chi connectivity index (χ2v) is 5.99. The van der Waals surface area contributed by atoms with Crippen LogP contribution in [-0.2, 0) is 19.5 Å². The summed E-state index contributed by atoms with van der Waals surface area (Å²) in [6.45, 7) is 10.8. The Morgan fingerprint density at radius 2 is 1.88 bits per heavy atom. The van der Waals surface area contributed by atoms with Crippen molar-refractivity contribution in [1.82, 2.24) is 25.4 Å². The first kappa shape index (κ1) is 22.2. The minimum absolute atomic E-state index is 0. The lowest BCUT2D eigenvalue weighted by atomic mass is 10.1. The van der Waals surface area contributed by atoms with Crippen LogP contribution in [0.3, 0.4) is 0 Å². The molecule has 2 rings (SSSR count). The van der Waals surface area contributed by atoms with E-state index in [-0.39, 0.29) is 24.0 Å². The van der Waals surface area contributed by atoms with Crippen molar-refractivity contribution in [2.75, 3.05) is 13.1 Å². The molecule has 0 bridgehead atoms. The van der Waals surface area contributed by atoms with Gasteiger partial charge in [0.15, 0.2) is 5.96 Å². The number of aliphatic imine (C=N–C) groups is 1. The van der Waals surface area contributed by atoms with Crippen LogP contribution in [0.1, 0.15) is 36.4 Å². The van der Waals surface area contributed by atoms with E-state index in [1.807, 2.05) is 37.5 Å². The quantitative estimate of drug-likeness (QED) is 0.328. The number of rotatable bonds is 7. The van der Waals surface area contributed by atoms with Gasteiger partial charge in [-0.25, -0.2) is 4.99 Å². The Hall–Kier alpha value is -1.84. The molecule has 1 aromatic heterocycles. The van der Waals surface area contributed by atoms with Crippen molar-refractivity contribution in [1.29, 1.82) is 0 Å². The summed E-state index contributed by atoms with van der Waals surface area (Å²) in [7, 11) is 0. The lowest BCUT2D eigenvalue weighted by molar-refractivity contribution is 0.466. The normalized spacial score (nSPS) is 11.2. The number of hydrogen-bond donors (Lipinski definition) is 3. The fourth-order valence-corrected chi connectivity index (χ4v) is 2.68. The van der Waals surface area contributed by atoms with Crippen molar-refractivity contribution in [2.24, 2.45) is 4.99 Å². The highest BCUT2D eigenvalue weighted by atomic mass is 127. The SMILES string of the molecule is CCNC(=NCc1cc(C)c(O)c(C)c1)NCCn1cnnc1CC.I. The minimum Gasteiger partial charge on any atom is -0.507 e. The predicted octanol–water partition coefficient (Wildman–Crippen LogP) is 2.54. The standard InChI is InChI=1S/C18H28N6O.HI/c1-5-16-23-22-12-24(16)8-7-20-18(19-6-2)21-11-15-9-13(3)17(25)14(4)10-15;/h9-10,12,25H,5-8,11H2,1-4H3,(H2,19,20,21);1H. The van der Waals surface area contributed by atoms with Gasteiger partial charge in [-0.1, -0.05) is 19.1 Å². The molecule has 0 unspecified atom stereocenters. The number of aryl methyl sites for hydroxylation is 3. The van der Waals surface area contributed by atoms with Gasteiger partial charge in [0.05, 0.1) is 6.54 Å². The largest absolute Gasteiger partial charge is 0.507 e. The summed E-state index contributed by atoms with van der Waals surface area (Å²) in [5.41, 5.74) is 2.84. The summed E-state index contributed by atoms with van der Waals surface area (Å²) >= 11 is 0. The highest BCUT2D eigenvalue weighted by Crippen LogP contribution is 2.23. The molecule has 0 saturated heterocycles. The number of aromatic nitrogens is 3. The number of phenols is 1. The third-order valence-electron chi connectivity index (χ3n) is 3.97. The lowest BCUT2D eigenvalue weighted by Gasteiger charge is -2.13. The van der Waals surface area contributed by atoms with Gasteiger partial charge in [-0.15, -0.1) is 34.2 Å². The summed E-state index contributed by atoms with van der Waals surface area (Å²) < 4.78 is 2.04. The first-order valence-corrected chi connectivity index (χ1v) is 8.73. The van der Waals surface area contributed by atoms with Crippen LogP contribution in [0, 0.1) is 13.8 Å². The Labute approximate surface area is 172 Å². The zero-order valence-corrected chi connectivity index (χ0v) is 18.2. The second-order valence-electron chi connectivity index (χ2n) is 5.99. The number of nitrogens with one attached hydrogen (secondary N) is 2. The molecule has 1 aromatic carbocycles. The Balaban J connectivity index is 0.00000338. The van der Waals surface area contributed by atoms with Crippen molar-refractivity contribution in [2.45, 2.75) is 47.2 Å². The van der Waals surface area contributed by atoms with Crippen molar-refractivity contribution in [3.05, 3.63) is 41.0 Å². The van der Waals surface area contributed by atoms with Gasteiger partial charge in [-0.3, -0.25) is 0 Å². The maximum atomic E-state index is 9.87. The first-order valence-electron chi connectivity index (χ1n) is 8.73. The molecule has 2 aromatic rings. The molecule has 0 aliphatic heterocycles. The number of aromatic hydroxyl groups is 1. The van der Waals surface area contributed by atoms with Gasteiger partial charge in [0.2, 0.25) is 0 Å². The molecule has 0 spiro atoms. The maximum Gasteiger partial charge on any atom is 0.191 e. The van der Waals surface area contributed by atoms with Gasteiger partial charge in [-0.05, 0) is 37.5 Å². The summed E-state index contributed by atoms with van der Waals surface area (Å²) in [6.07, 6.45) is 2.63. The summed E-state index contributed by atoms with van der Waals surface area (Å²) in [5.74, 6) is 2.12. The monoisotopic (exact) mass is 472 g/mol. The molecule has 0 saturated carbocycles. The van der Waals surface area contributed by atoms with Gasteiger partial charge in [0.1, 0.15) is 17.9 Å². The average Bonchev–Trinajstić information content (AvgIpc) is 3.05. The molecule has 0 atom stereocenters. The molecule has 0 fully saturated rings. The second kappa shape index (κ2) is 11.0. The van der Waals surface area contributed by atoms with Gasteiger partial charge >= 0.3 is 0 Å². The van der Waals surface area contributed by atoms with Crippen LogP contribution in [0.5, 0.6) is 5.75 Å². The van der Waals surface area contributed by atoms with Crippen molar-refractivity contribution >= 4 is 29.9 Å². The summed E-state index contributed by atoms with van der Waals surface area (Å²) in [6, 6.07) is 3.94. The van der Waals surface area contributed by atoms with Crippen molar-refractivity contribution in [3.8, 4) is 5.75 Å². The number of phenolic OH excluding ortho intramolecular Hbond substituents is 1. The molecular weight excluding hydrogens is 443 g/mol. The molecule has 0 aliphatic rings. The molecule has 7 nitrogen and oxygen atoms in total. The van der Waals surface area contributed by atoms with Crippen molar-refractivity contribution < 1.29 is 5.11 Å². The fourth-order valence-electron chi connectivity index (χ4n) is 2.68. The van der Waals surface area contributed by atoms with Crippen LogP contribution in [0.2, 0.25) is 0 Å². The Bertz CT molecular complexity index is 705. The predicted molar refractivity (Wildman–Crippen MR) is 115 cm³/mol. The van der Waals surface area contributed by atoms with Crippen LogP contribution in [0.4, 0.5) is 0 Å². The van der Waals surface area contributed by atoms with Gasteiger partial charge in [-0.2, -0.15) is 0 Å². The van der Waals surface area contributed by atoms with Crippen LogP contribution >= 0.6 is 24.0 Å². The van der Waals surface area contributed by atoms with E-state index in [9.17, 15) is 5.11 Å². The Morgan fingerprint density at radius 1 is 1.19 bits per heavy atom. The Morgan fingerprint density at radius 3 is 2.50 bits per heavy atom. The molecular formula is C18H29IN6O. The molecule has 1 heterocycles. The molecule has 3 N–H and O–H groups in total. The topological polar surface area (TPSA) is 87.4 Å². The summed E-state index contributed by atoms with van der Waals surface area (Å²) in [4.78, 5) is 4.63. The van der Waals surface area contributed by atoms with Crippen LogP contribution in [0.15, 0.2) is 23.5 Å². The lowest BCUT2D eigenvalue weighted by Crippen LogP contribution is -2.38. The molecule has 0 radical (unpaired) electrons. The molecule has 144 valence electrons. The highest BCUT2D eigenvalue weighted by molar-refractivity contribution is 14.0. The third-order valence-corrected chi connectivity index (χ3v) is 3.97. The minimum atomic E-state index is 0. The summed E-state index contributed by atoms with van der Waals surface area (Å²) in [5, 5.41) is 24.5. The maximum absolute atomic E-state index is 9.87. The van der Waals surface area contributed by atoms with Gasteiger partial charge in [0, 0.05) is 26.1 Å². The zero-order chi connectivity index (χ0) is 18.2. The smallest absolute Gasteiger partial charge is 0.191 e. The molecule has 26 heavy (non-hydrogen) atoms. The zero-order valence-electron chi connectivity index (χ0n) is 15.9. The molecule has 0 amide bonds. The van der Waals surface area contributed by atoms with Crippen LogP contribution in [0.25, 0.3) is 0 Å². The van der Waals surface area contributed by atoms with E-state index in [4.69, 9.17) is 0 Å². The van der Waals surface area contributed by atoms with Gasteiger partial charge < -0.3 is 20.3 Å². The van der Waals surface area contributed by atoms with E-state index in [2.05, 4.69) is 32.7 Å². The van der Waals surface area contributed by atoms with Crippen LogP contribution in [-0.4, -0.2) is 38.9 Å². The van der Waals surface area contributed by atoms with Crippen LogP contribution < -0.4 is 10.6 Å². The van der Waals surface area contributed by atoms with E-state index in [0.29, 0.717) is 12.3 Å². The number of halogens is 1. The number of nitrogens with zero attached hydrogens (tertiary/aromatic N) is 4. The average molecular weight is 472 g/mol. The van der Waals surface area contributed by atoms with E-state index < -0.39 is 0 Å². The molecule has 8 heteroatoms. The van der Waals surface area contributed by atoms with E-state index in [1.165, 1.54) is 0 Å². The molecule has 0 aliphatic carbocycles. The number of guanidine groups is 1. The number of hydrogen-bond acceptors (Lipinski definition) is 4. The van der Waals surface area contributed by atoms with E-state index >= 15 is 0 Å². The first-order chi connectivity index (χ1) is 12.0. The Kier molecular flexibility index (Phi) is 9.39. The third kappa shape index (κ3) is 6.15. The van der Waals surface area contributed by atoms with E-state index in [0.717, 1.165) is 54.5 Å².